The summed E-state index contributed by atoms with van der Waals surface area (Å²) in [4.78, 5) is 10.7. The van der Waals surface area contributed by atoms with Gasteiger partial charge in [0.25, 0.3) is 0 Å². The van der Waals surface area contributed by atoms with E-state index in [1.54, 1.807) is 18.2 Å². The third-order valence-corrected chi connectivity index (χ3v) is 2.19. The van der Waals surface area contributed by atoms with E-state index in [1.807, 2.05) is 13.0 Å². The zero-order valence-electron chi connectivity index (χ0n) is 10.2. The Labute approximate surface area is 105 Å². The lowest BCUT2D eigenvalue weighted by Crippen LogP contribution is -2.01. The lowest BCUT2D eigenvalue weighted by Gasteiger charge is -2.10. The Morgan fingerprint density at radius 3 is 2.50 bits per heavy atom. The van der Waals surface area contributed by atoms with E-state index in [0.717, 1.165) is 5.56 Å². The molecule has 0 spiro atoms. The number of aliphatic hydroxyl groups is 1. The number of aromatic hydroxyl groups is 1. The second-order valence-corrected chi connectivity index (χ2v) is 3.71. The van der Waals surface area contributed by atoms with Crippen molar-refractivity contribution in [3.8, 4) is 18.0 Å². The van der Waals surface area contributed by atoms with Gasteiger partial charge in [-0.3, -0.25) is 4.79 Å². The minimum absolute atomic E-state index is 0.00147. The van der Waals surface area contributed by atoms with E-state index < -0.39 is 5.97 Å². The summed E-state index contributed by atoms with van der Waals surface area (Å²) in [5, 5.41) is 18.2. The van der Waals surface area contributed by atoms with Crippen molar-refractivity contribution < 1.29 is 24.5 Å². The van der Waals surface area contributed by atoms with Gasteiger partial charge in [0.2, 0.25) is 0 Å². The van der Waals surface area contributed by atoms with Gasteiger partial charge < -0.3 is 19.7 Å². The highest BCUT2D eigenvalue weighted by molar-refractivity contribution is 5.66. The van der Waals surface area contributed by atoms with Crippen LogP contribution in [0, 0.1) is 19.1 Å². The van der Waals surface area contributed by atoms with Crippen molar-refractivity contribution in [1.29, 1.82) is 0 Å². The average Bonchev–Trinajstić information content (AvgIpc) is 2.31. The minimum atomic E-state index is -0.417. The number of phenols is 1. The molecule has 5 nitrogen and oxygen atoms in total. The minimum Gasteiger partial charge on any atom is -0.507 e. The third kappa shape index (κ3) is 3.91. The maximum atomic E-state index is 10.7. The van der Waals surface area contributed by atoms with Crippen LogP contribution in [0.15, 0.2) is 12.1 Å². The van der Waals surface area contributed by atoms with Crippen molar-refractivity contribution in [1.82, 2.24) is 0 Å². The predicted octanol–water partition coefficient (Wildman–Crippen LogP) is 1.57. The molecule has 0 unspecified atom stereocenters. The van der Waals surface area contributed by atoms with E-state index in [9.17, 15) is 9.90 Å². The molecule has 0 amide bonds. The van der Waals surface area contributed by atoms with Crippen molar-refractivity contribution in [3.63, 3.8) is 0 Å². The Hall–Kier alpha value is -2.35. The van der Waals surface area contributed by atoms with E-state index >= 15 is 0 Å². The maximum absolute atomic E-state index is 10.7. The Morgan fingerprint density at radius 2 is 1.94 bits per heavy atom. The largest absolute Gasteiger partial charge is 0.507 e. The van der Waals surface area contributed by atoms with Gasteiger partial charge in [-0.1, -0.05) is 5.56 Å². The number of rotatable bonds is 4. The maximum Gasteiger partial charge on any atom is 0.302 e. The molecule has 0 aliphatic rings. The number of esters is 1. The highest BCUT2D eigenvalue weighted by Gasteiger charge is 2.10. The highest BCUT2D eigenvalue weighted by Crippen LogP contribution is 2.26. The van der Waals surface area contributed by atoms with Crippen LogP contribution in [0.1, 0.15) is 23.6 Å². The van der Waals surface area contributed by atoms with Crippen LogP contribution < -0.4 is 0 Å². The number of aryl methyl sites for hydroxylation is 1. The monoisotopic (exact) mass is 250 g/mol. The van der Waals surface area contributed by atoms with Gasteiger partial charge in [0.05, 0.1) is 0 Å². The molecule has 0 saturated heterocycles. The molecule has 1 aromatic carbocycles. The molecule has 1 rings (SSSR count). The van der Waals surface area contributed by atoms with Crippen LogP contribution in [0.4, 0.5) is 0 Å². The van der Waals surface area contributed by atoms with E-state index in [0.29, 0.717) is 11.1 Å². The number of aliphatic hydroxyl groups excluding tert-OH is 1. The van der Waals surface area contributed by atoms with Gasteiger partial charge in [-0.2, -0.15) is 0 Å². The standard InChI is InChI=1S/C13H14O5/c1-9-5-11(7-17-4-3-14)13(16)12(6-9)8-18-10(2)15/h5-6,14,16H,7-8H2,1-2H3. The van der Waals surface area contributed by atoms with Crippen molar-refractivity contribution >= 4 is 5.97 Å². The Kier molecular flexibility index (Phi) is 4.88. The summed E-state index contributed by atoms with van der Waals surface area (Å²) < 4.78 is 9.64. The van der Waals surface area contributed by atoms with Crippen molar-refractivity contribution in [2.75, 3.05) is 0 Å². The summed E-state index contributed by atoms with van der Waals surface area (Å²) in [6.07, 6.45) is 3.63. The third-order valence-electron chi connectivity index (χ3n) is 2.19. The quantitative estimate of drug-likeness (QED) is 0.626. The number of hydrogen-bond acceptors (Lipinski definition) is 5. The second-order valence-electron chi connectivity index (χ2n) is 3.71. The number of carbonyl (C=O) groups excluding carboxylic acids is 1. The van der Waals surface area contributed by atoms with E-state index in [-0.39, 0.29) is 19.0 Å². The first-order chi connectivity index (χ1) is 8.54. The number of benzene rings is 1. The number of carbonyl (C=O) groups is 1. The molecule has 0 fully saturated rings. The van der Waals surface area contributed by atoms with Crippen LogP contribution in [0.3, 0.4) is 0 Å². The van der Waals surface area contributed by atoms with Gasteiger partial charge in [0, 0.05) is 18.1 Å². The van der Waals surface area contributed by atoms with Gasteiger partial charge in [0.1, 0.15) is 19.0 Å². The fourth-order valence-electron chi connectivity index (χ4n) is 1.48. The fraction of sp³-hybridized carbons (Fsp3) is 0.308. The summed E-state index contributed by atoms with van der Waals surface area (Å²) in [6, 6.07) is 3.45. The first-order valence-electron chi connectivity index (χ1n) is 5.25. The molecule has 0 aliphatic carbocycles. The zero-order chi connectivity index (χ0) is 13.5. The summed E-state index contributed by atoms with van der Waals surface area (Å²) in [6.45, 7) is 3.18. The molecule has 0 heterocycles. The van der Waals surface area contributed by atoms with Crippen LogP contribution >= 0.6 is 0 Å². The van der Waals surface area contributed by atoms with Crippen LogP contribution in [0.2, 0.25) is 0 Å². The molecule has 96 valence electrons. The fourth-order valence-corrected chi connectivity index (χ4v) is 1.48. The first kappa shape index (κ1) is 13.7. The van der Waals surface area contributed by atoms with Crippen molar-refractivity contribution in [3.05, 3.63) is 28.8 Å². The SMILES string of the molecule is CC(=O)OCc1cc(C)cc(COC#CO)c1O. The second kappa shape index (κ2) is 6.40. The molecule has 5 heteroatoms. The number of hydrogen-bond donors (Lipinski definition) is 2. The molecular weight excluding hydrogens is 236 g/mol. The Bertz CT molecular complexity index is 496. The van der Waals surface area contributed by atoms with Gasteiger partial charge in [0.15, 0.2) is 12.2 Å². The zero-order valence-corrected chi connectivity index (χ0v) is 10.2. The number of ether oxygens (including phenoxy) is 2. The van der Waals surface area contributed by atoms with Crippen LogP contribution in [0.25, 0.3) is 0 Å². The molecule has 1 aromatic rings. The van der Waals surface area contributed by atoms with Crippen molar-refractivity contribution in [2.45, 2.75) is 27.1 Å². The number of phenolic OH excluding ortho intramolecular Hbond substituents is 1. The van der Waals surface area contributed by atoms with Gasteiger partial charge in [-0.25, -0.2) is 0 Å². The lowest BCUT2D eigenvalue weighted by molar-refractivity contribution is -0.142. The smallest absolute Gasteiger partial charge is 0.302 e. The van der Waals surface area contributed by atoms with Crippen LogP contribution in [-0.4, -0.2) is 16.2 Å². The van der Waals surface area contributed by atoms with Crippen LogP contribution in [0.5, 0.6) is 5.75 Å². The van der Waals surface area contributed by atoms with Gasteiger partial charge in [-0.05, 0) is 19.1 Å². The van der Waals surface area contributed by atoms with Crippen molar-refractivity contribution in [2.24, 2.45) is 0 Å². The van der Waals surface area contributed by atoms with E-state index in [1.165, 1.54) is 6.92 Å². The Balaban J connectivity index is 2.89. The molecule has 2 N–H and O–H groups in total. The first-order valence-corrected chi connectivity index (χ1v) is 5.25. The molecule has 0 saturated carbocycles. The average molecular weight is 250 g/mol. The molecule has 0 aromatic heterocycles. The highest BCUT2D eigenvalue weighted by atomic mass is 16.5. The lowest BCUT2D eigenvalue weighted by atomic mass is 10.1. The summed E-state index contributed by atoms with van der Waals surface area (Å²) in [7, 11) is 0. The predicted molar refractivity (Wildman–Crippen MR) is 62.8 cm³/mol. The topological polar surface area (TPSA) is 76.0 Å². The molecule has 0 aliphatic heterocycles. The summed E-state index contributed by atoms with van der Waals surface area (Å²) >= 11 is 0. The molecule has 0 radical (unpaired) electrons. The van der Waals surface area contributed by atoms with E-state index in [4.69, 9.17) is 14.6 Å². The summed E-state index contributed by atoms with van der Waals surface area (Å²) in [5.41, 5.74) is 1.91. The van der Waals surface area contributed by atoms with E-state index in [2.05, 4.69) is 0 Å². The summed E-state index contributed by atoms with van der Waals surface area (Å²) in [5.74, 6) is -0.415. The van der Waals surface area contributed by atoms with Gasteiger partial charge in [-0.15, -0.1) is 0 Å². The molecular formula is C13H14O5. The van der Waals surface area contributed by atoms with Gasteiger partial charge >= 0.3 is 5.97 Å². The molecule has 0 atom stereocenters. The molecule has 18 heavy (non-hydrogen) atoms. The normalized spacial score (nSPS) is 9.22. The molecule has 0 bridgehead atoms. The van der Waals surface area contributed by atoms with Crippen LogP contribution in [-0.2, 0) is 27.5 Å². The Morgan fingerprint density at radius 1 is 1.33 bits per heavy atom.